The van der Waals surface area contributed by atoms with Gasteiger partial charge in [-0.2, -0.15) is 0 Å². The first-order chi connectivity index (χ1) is 9.82. The van der Waals surface area contributed by atoms with Crippen LogP contribution in [-0.2, 0) is 16.7 Å². The fourth-order valence-corrected chi connectivity index (χ4v) is 7.88. The maximum atomic E-state index is 5.48. The van der Waals surface area contributed by atoms with Crippen molar-refractivity contribution in [2.75, 3.05) is 60.4 Å². The van der Waals surface area contributed by atoms with Crippen molar-refractivity contribution in [1.82, 2.24) is 9.80 Å². The SMILES string of the molecule is CN1CCN(C)CC[N+](C)([Ti]([CH3])([CH3])=[N]C2CCCC2)CC1. The van der Waals surface area contributed by atoms with Gasteiger partial charge in [0.05, 0.1) is 0 Å². The van der Waals surface area contributed by atoms with Crippen LogP contribution >= 0.6 is 0 Å². The Morgan fingerprint density at radius 2 is 1.38 bits per heavy atom. The zero-order valence-corrected chi connectivity index (χ0v) is 16.5. The van der Waals surface area contributed by atoms with E-state index in [2.05, 4.69) is 41.4 Å². The molecule has 123 valence electrons. The van der Waals surface area contributed by atoms with Crippen molar-refractivity contribution in [3.05, 3.63) is 0 Å². The van der Waals surface area contributed by atoms with Crippen LogP contribution in [-0.4, -0.2) is 79.2 Å². The van der Waals surface area contributed by atoms with Crippen LogP contribution < -0.4 is 0 Å². The molecule has 0 spiro atoms. The number of likely N-dealkylation sites (N-methyl/N-ethyl adjacent to an activating group) is 3. The van der Waals surface area contributed by atoms with Crippen LogP contribution in [0, 0.1) is 0 Å². The van der Waals surface area contributed by atoms with Gasteiger partial charge in [-0.1, -0.05) is 0 Å². The second kappa shape index (κ2) is 7.31. The van der Waals surface area contributed by atoms with Crippen molar-refractivity contribution >= 4 is 0 Å². The summed E-state index contributed by atoms with van der Waals surface area (Å²) in [4.78, 5) is 5.01. The summed E-state index contributed by atoms with van der Waals surface area (Å²) in [5, 5.41) is 5.10. The molecule has 4 nitrogen and oxygen atoms in total. The van der Waals surface area contributed by atoms with Crippen LogP contribution in [0.25, 0.3) is 0 Å². The second-order valence-electron chi connectivity index (χ2n) is 8.01. The molecule has 0 radical (unpaired) electrons. The van der Waals surface area contributed by atoms with Crippen LogP contribution in [0.3, 0.4) is 0 Å². The predicted octanol–water partition coefficient (Wildman–Crippen LogP) is 2.60. The molecule has 1 aliphatic heterocycles. The van der Waals surface area contributed by atoms with Gasteiger partial charge in [-0.05, 0) is 0 Å². The van der Waals surface area contributed by atoms with Crippen LogP contribution in [0.1, 0.15) is 25.7 Å². The van der Waals surface area contributed by atoms with E-state index in [9.17, 15) is 0 Å². The van der Waals surface area contributed by atoms with Gasteiger partial charge in [0.1, 0.15) is 0 Å². The third kappa shape index (κ3) is 4.68. The molecule has 2 aliphatic rings. The summed E-state index contributed by atoms with van der Waals surface area (Å²) in [6, 6.07) is 0.693. The van der Waals surface area contributed by atoms with Crippen molar-refractivity contribution in [3.63, 3.8) is 0 Å². The van der Waals surface area contributed by atoms with E-state index in [0.29, 0.717) is 6.04 Å². The van der Waals surface area contributed by atoms with E-state index in [0.717, 1.165) is 0 Å². The van der Waals surface area contributed by atoms with Gasteiger partial charge in [-0.3, -0.25) is 0 Å². The standard InChI is InChI=1S/C9H21N3.C5H9N.2CH3.Ti/c1-10-4-6-11(2)8-9-12(3)7-5-10;6-5-3-1-2-4-5;;;/h4-9H2,1-3H3;5H,1-4H2;2*1H3;/q;;;;+1. The predicted molar refractivity (Wildman–Crippen MR) is 87.3 cm³/mol. The Balaban J connectivity index is 2.18. The Labute approximate surface area is 135 Å². The molecular weight excluding hydrogens is 296 g/mol. The molecule has 0 aromatic carbocycles. The van der Waals surface area contributed by atoms with Crippen molar-refractivity contribution < 1.29 is 19.6 Å². The van der Waals surface area contributed by atoms with E-state index < -0.39 is 16.7 Å². The summed E-state index contributed by atoms with van der Waals surface area (Å²) in [6.07, 6.45) is 5.52. The number of quaternary nitrogens is 1. The van der Waals surface area contributed by atoms with Crippen molar-refractivity contribution in [2.45, 2.75) is 42.2 Å². The molecule has 0 unspecified atom stereocenters. The van der Waals surface area contributed by atoms with Crippen LogP contribution in [0.2, 0.25) is 10.5 Å². The van der Waals surface area contributed by atoms with Gasteiger partial charge in [-0.15, -0.1) is 0 Å². The zero-order valence-electron chi connectivity index (χ0n) is 14.9. The van der Waals surface area contributed by atoms with E-state index >= 15 is 0 Å². The summed E-state index contributed by atoms with van der Waals surface area (Å²) in [5.41, 5.74) is 0. The van der Waals surface area contributed by atoms with E-state index in [1.807, 2.05) is 0 Å². The fraction of sp³-hybridized carbons (Fsp3) is 1.00. The first kappa shape index (κ1) is 17.7. The molecule has 21 heavy (non-hydrogen) atoms. The van der Waals surface area contributed by atoms with Crippen molar-refractivity contribution in [3.8, 4) is 0 Å². The molecule has 1 heterocycles. The molecule has 2 rings (SSSR count). The molecule has 1 saturated heterocycles. The third-order valence-electron chi connectivity index (χ3n) is 5.96. The van der Waals surface area contributed by atoms with Gasteiger partial charge in [0, 0.05) is 0 Å². The van der Waals surface area contributed by atoms with E-state index in [4.69, 9.17) is 3.42 Å². The average Bonchev–Trinajstić information content (AvgIpc) is 2.92. The van der Waals surface area contributed by atoms with Crippen molar-refractivity contribution in [1.29, 1.82) is 0 Å². The fourth-order valence-electron chi connectivity index (χ4n) is 3.63. The van der Waals surface area contributed by atoms with Gasteiger partial charge in [0.25, 0.3) is 0 Å². The molecule has 0 aromatic rings. The van der Waals surface area contributed by atoms with Gasteiger partial charge >= 0.3 is 135 Å². The Morgan fingerprint density at radius 3 is 1.86 bits per heavy atom. The van der Waals surface area contributed by atoms with Crippen LogP contribution in [0.4, 0.5) is 0 Å². The van der Waals surface area contributed by atoms with Crippen LogP contribution in [0.5, 0.6) is 0 Å². The molecule has 1 aliphatic carbocycles. The molecule has 5 heteroatoms. The summed E-state index contributed by atoms with van der Waals surface area (Å²) in [6.45, 7) is 7.41. The maximum absolute atomic E-state index is 5.48. The average molecular weight is 332 g/mol. The minimum atomic E-state index is -2.20. The van der Waals surface area contributed by atoms with E-state index in [-0.39, 0.29) is 0 Å². The Morgan fingerprint density at radius 1 is 0.905 bits per heavy atom. The van der Waals surface area contributed by atoms with Gasteiger partial charge in [0.2, 0.25) is 0 Å². The monoisotopic (exact) mass is 332 g/mol. The van der Waals surface area contributed by atoms with Gasteiger partial charge in [0.15, 0.2) is 0 Å². The molecule has 0 amide bonds. The normalized spacial score (nSPS) is 27.1. The number of rotatable bonds is 2. The Hall–Kier alpha value is 0.394. The van der Waals surface area contributed by atoms with E-state index in [1.165, 1.54) is 67.9 Å². The molecule has 0 aromatic heterocycles. The van der Waals surface area contributed by atoms with Crippen LogP contribution in [0.15, 0.2) is 3.42 Å². The van der Waals surface area contributed by atoms with E-state index in [1.54, 1.807) is 0 Å². The summed E-state index contributed by atoms with van der Waals surface area (Å²) >= 11 is -2.20. The molecular formula is C16H36N4Ti+. The summed E-state index contributed by atoms with van der Waals surface area (Å²) < 4.78 is 6.73. The number of hydrogen-bond donors (Lipinski definition) is 0. The molecule has 2 fully saturated rings. The van der Waals surface area contributed by atoms with Crippen molar-refractivity contribution in [2.24, 2.45) is 3.42 Å². The molecule has 0 atom stereocenters. The minimum absolute atomic E-state index is 0.693. The van der Waals surface area contributed by atoms with Gasteiger partial charge < -0.3 is 0 Å². The Bertz CT molecular complexity index is 370. The summed E-state index contributed by atoms with van der Waals surface area (Å²) in [5.74, 6) is 0. The molecule has 0 N–H and O–H groups in total. The first-order valence-corrected chi connectivity index (χ1v) is 13.3. The summed E-state index contributed by atoms with van der Waals surface area (Å²) in [7, 11) is 7.06. The quantitative estimate of drug-likeness (QED) is 0.724. The number of hydrogen-bond acceptors (Lipinski definition) is 3. The second-order valence-corrected chi connectivity index (χ2v) is 14.8. The zero-order chi connectivity index (χ0) is 15.5. The first-order valence-electron chi connectivity index (χ1n) is 8.76. The number of nitrogens with zero attached hydrogens (tertiary/aromatic N) is 4. The van der Waals surface area contributed by atoms with Gasteiger partial charge in [-0.25, -0.2) is 0 Å². The molecule has 1 saturated carbocycles. The third-order valence-corrected chi connectivity index (χ3v) is 12.3. The topological polar surface area (TPSA) is 18.8 Å². The Kier molecular flexibility index (Phi) is 6.18. The molecule has 0 bridgehead atoms.